The van der Waals surface area contributed by atoms with Gasteiger partial charge in [0.25, 0.3) is 5.56 Å². The van der Waals surface area contributed by atoms with Crippen LogP contribution in [0.4, 0.5) is 11.5 Å². The van der Waals surface area contributed by atoms with Gasteiger partial charge in [-0.15, -0.1) is 0 Å². The highest BCUT2D eigenvalue weighted by Crippen LogP contribution is 2.31. The summed E-state index contributed by atoms with van der Waals surface area (Å²) in [5, 5.41) is 4.51. The highest BCUT2D eigenvalue weighted by Gasteiger charge is 2.23. The summed E-state index contributed by atoms with van der Waals surface area (Å²) in [5.74, 6) is 1.25. The van der Waals surface area contributed by atoms with Crippen molar-refractivity contribution in [2.45, 2.75) is 25.7 Å². The number of nitrogens with zero attached hydrogens (tertiary/aromatic N) is 4. The van der Waals surface area contributed by atoms with Crippen LogP contribution >= 0.6 is 0 Å². The van der Waals surface area contributed by atoms with Crippen molar-refractivity contribution >= 4 is 28.2 Å². The first kappa shape index (κ1) is 25.3. The molecular formula is C28H30N6O4. The Bertz CT molecular complexity index is 1480. The molecule has 0 spiro atoms. The van der Waals surface area contributed by atoms with Gasteiger partial charge < -0.3 is 24.7 Å². The van der Waals surface area contributed by atoms with E-state index in [0.29, 0.717) is 41.0 Å². The van der Waals surface area contributed by atoms with Crippen molar-refractivity contribution in [3.8, 4) is 17.3 Å². The SMILES string of the molecule is CCOCC(=O)N1CCC(c2ccc(Nc3nc(-c4cncc(OC)n4)cc4cc[nH]c(=O)c34)cc2)CC1. The summed E-state index contributed by atoms with van der Waals surface area (Å²) in [6.07, 6.45) is 6.57. The fourth-order valence-electron chi connectivity index (χ4n) is 4.72. The van der Waals surface area contributed by atoms with Crippen LogP contribution in [-0.2, 0) is 9.53 Å². The predicted molar refractivity (Wildman–Crippen MR) is 145 cm³/mol. The quantitative estimate of drug-likeness (QED) is 0.363. The van der Waals surface area contributed by atoms with Gasteiger partial charge in [0.1, 0.15) is 18.1 Å². The number of hydrogen-bond acceptors (Lipinski definition) is 8. The second-order valence-corrected chi connectivity index (χ2v) is 9.11. The maximum absolute atomic E-state index is 12.7. The lowest BCUT2D eigenvalue weighted by Crippen LogP contribution is -2.39. The van der Waals surface area contributed by atoms with Gasteiger partial charge in [0.05, 0.1) is 30.6 Å². The number of hydrogen-bond donors (Lipinski definition) is 2. The van der Waals surface area contributed by atoms with Crippen molar-refractivity contribution in [1.82, 2.24) is 24.8 Å². The third kappa shape index (κ3) is 5.50. The Morgan fingerprint density at radius 1 is 1.11 bits per heavy atom. The van der Waals surface area contributed by atoms with Gasteiger partial charge in [0, 0.05) is 31.6 Å². The predicted octanol–water partition coefficient (Wildman–Crippen LogP) is 3.87. The van der Waals surface area contributed by atoms with Crippen LogP contribution in [0, 0.1) is 0 Å². The van der Waals surface area contributed by atoms with Crippen molar-refractivity contribution in [3.05, 3.63) is 70.9 Å². The van der Waals surface area contributed by atoms with Crippen molar-refractivity contribution in [3.63, 3.8) is 0 Å². The molecule has 0 bridgehead atoms. The molecule has 1 aromatic carbocycles. The van der Waals surface area contributed by atoms with Gasteiger partial charge >= 0.3 is 0 Å². The van der Waals surface area contributed by atoms with Crippen molar-refractivity contribution in [2.24, 2.45) is 0 Å². The Balaban J connectivity index is 1.36. The molecule has 1 fully saturated rings. The minimum absolute atomic E-state index is 0.0571. The average Bonchev–Trinajstić information content (AvgIpc) is 2.96. The van der Waals surface area contributed by atoms with Crippen LogP contribution < -0.4 is 15.6 Å². The molecule has 10 nitrogen and oxygen atoms in total. The number of rotatable bonds is 8. The summed E-state index contributed by atoms with van der Waals surface area (Å²) < 4.78 is 10.5. The smallest absolute Gasteiger partial charge is 0.259 e. The maximum atomic E-state index is 12.7. The summed E-state index contributed by atoms with van der Waals surface area (Å²) in [4.78, 5) is 42.9. The normalized spacial score (nSPS) is 14.0. The van der Waals surface area contributed by atoms with Crippen LogP contribution in [0.15, 0.2) is 59.8 Å². The number of pyridine rings is 2. The molecule has 10 heteroatoms. The van der Waals surface area contributed by atoms with E-state index in [1.54, 1.807) is 12.4 Å². The standard InChI is InChI=1S/C28H30N6O4/c1-3-38-17-25(35)34-12-9-19(10-13-34)18-4-6-21(7-5-18)31-27-26-20(8-11-30-28(26)36)14-22(33-27)23-15-29-16-24(32-23)37-2/h4-8,11,14-16,19H,3,9-10,12-13,17H2,1-2H3,(H,30,36)(H,31,33). The average molecular weight is 515 g/mol. The minimum atomic E-state index is -0.233. The second-order valence-electron chi connectivity index (χ2n) is 9.11. The Kier molecular flexibility index (Phi) is 7.60. The first-order chi connectivity index (χ1) is 18.6. The largest absolute Gasteiger partial charge is 0.480 e. The number of nitrogens with one attached hydrogen (secondary N) is 2. The third-order valence-electron chi connectivity index (χ3n) is 6.76. The number of piperidine rings is 1. The van der Waals surface area contributed by atoms with Gasteiger partial charge in [-0.05, 0) is 60.9 Å². The number of carbonyl (C=O) groups is 1. The molecule has 1 aliphatic heterocycles. The third-order valence-corrected chi connectivity index (χ3v) is 6.76. The molecule has 1 saturated heterocycles. The zero-order valence-corrected chi connectivity index (χ0v) is 21.4. The number of carbonyl (C=O) groups excluding carboxylic acids is 1. The van der Waals surface area contributed by atoms with Crippen molar-refractivity contribution in [2.75, 3.05) is 38.7 Å². The van der Waals surface area contributed by atoms with E-state index in [9.17, 15) is 9.59 Å². The molecule has 0 saturated carbocycles. The molecule has 4 aromatic rings. The number of likely N-dealkylation sites (tertiary alicyclic amines) is 1. The lowest BCUT2D eigenvalue weighted by Gasteiger charge is -2.32. The molecule has 0 unspecified atom stereocenters. The zero-order valence-electron chi connectivity index (χ0n) is 21.4. The van der Waals surface area contributed by atoms with E-state index < -0.39 is 0 Å². The minimum Gasteiger partial charge on any atom is -0.480 e. The summed E-state index contributed by atoms with van der Waals surface area (Å²) in [6.45, 7) is 4.05. The fourth-order valence-corrected chi connectivity index (χ4v) is 4.72. The lowest BCUT2D eigenvalue weighted by molar-refractivity contribution is -0.137. The Labute approximate surface area is 220 Å². The van der Waals surface area contributed by atoms with Gasteiger partial charge in [-0.25, -0.2) is 9.97 Å². The second kappa shape index (κ2) is 11.4. The Morgan fingerprint density at radius 2 is 1.89 bits per heavy atom. The van der Waals surface area contributed by atoms with E-state index >= 15 is 0 Å². The van der Waals surface area contributed by atoms with E-state index in [2.05, 4.69) is 32.4 Å². The van der Waals surface area contributed by atoms with Crippen LogP contribution in [0.1, 0.15) is 31.2 Å². The number of benzene rings is 1. The van der Waals surface area contributed by atoms with Gasteiger partial charge in [-0.2, -0.15) is 0 Å². The first-order valence-corrected chi connectivity index (χ1v) is 12.7. The lowest BCUT2D eigenvalue weighted by atomic mass is 9.89. The molecule has 0 radical (unpaired) electrons. The topological polar surface area (TPSA) is 122 Å². The summed E-state index contributed by atoms with van der Waals surface area (Å²) in [5.41, 5.74) is 2.91. The summed E-state index contributed by atoms with van der Waals surface area (Å²) >= 11 is 0. The maximum Gasteiger partial charge on any atom is 0.259 e. The van der Waals surface area contributed by atoms with Crippen molar-refractivity contribution < 1.29 is 14.3 Å². The Hall–Kier alpha value is -4.31. The molecule has 0 atom stereocenters. The van der Waals surface area contributed by atoms with Crippen LogP contribution in [0.3, 0.4) is 0 Å². The number of anilines is 2. The van der Waals surface area contributed by atoms with Gasteiger partial charge in [0.15, 0.2) is 0 Å². The van der Waals surface area contributed by atoms with Crippen LogP contribution in [0.5, 0.6) is 5.88 Å². The van der Waals surface area contributed by atoms with Crippen LogP contribution in [0.25, 0.3) is 22.2 Å². The highest BCUT2D eigenvalue weighted by molar-refractivity contribution is 5.94. The van der Waals surface area contributed by atoms with E-state index in [1.165, 1.54) is 18.9 Å². The van der Waals surface area contributed by atoms with Gasteiger partial charge in [-0.1, -0.05) is 12.1 Å². The Morgan fingerprint density at radius 3 is 2.63 bits per heavy atom. The molecular weight excluding hydrogens is 484 g/mol. The number of ether oxygens (including phenoxy) is 2. The zero-order chi connectivity index (χ0) is 26.5. The number of aromatic nitrogens is 4. The molecule has 1 amide bonds. The van der Waals surface area contributed by atoms with Gasteiger partial charge in [-0.3, -0.25) is 14.6 Å². The molecule has 196 valence electrons. The first-order valence-electron chi connectivity index (χ1n) is 12.7. The molecule has 4 heterocycles. The monoisotopic (exact) mass is 514 g/mol. The number of amides is 1. The fraction of sp³-hybridized carbons (Fsp3) is 0.321. The van der Waals surface area contributed by atoms with E-state index in [1.807, 2.05) is 36.1 Å². The van der Waals surface area contributed by atoms with E-state index in [0.717, 1.165) is 37.0 Å². The number of aromatic amines is 1. The molecule has 2 N–H and O–H groups in total. The molecule has 3 aromatic heterocycles. The number of fused-ring (bicyclic) bond motifs is 1. The van der Waals surface area contributed by atoms with E-state index in [4.69, 9.17) is 14.5 Å². The van der Waals surface area contributed by atoms with Crippen LogP contribution in [0.2, 0.25) is 0 Å². The molecule has 0 aliphatic carbocycles. The van der Waals surface area contributed by atoms with E-state index in [-0.39, 0.29) is 18.1 Å². The summed E-state index contributed by atoms with van der Waals surface area (Å²) in [6, 6.07) is 11.8. The number of methoxy groups -OCH3 is 1. The van der Waals surface area contributed by atoms with Crippen LogP contribution in [-0.4, -0.2) is 64.2 Å². The molecule has 5 rings (SSSR count). The summed E-state index contributed by atoms with van der Waals surface area (Å²) in [7, 11) is 1.53. The van der Waals surface area contributed by atoms with Crippen molar-refractivity contribution in [1.29, 1.82) is 0 Å². The highest BCUT2D eigenvalue weighted by atomic mass is 16.5. The number of H-pyrrole nitrogens is 1. The molecule has 38 heavy (non-hydrogen) atoms. The molecule has 1 aliphatic rings. The van der Waals surface area contributed by atoms with Gasteiger partial charge in [0.2, 0.25) is 11.8 Å².